The van der Waals surface area contributed by atoms with Crippen molar-refractivity contribution in [2.45, 2.75) is 37.2 Å². The van der Waals surface area contributed by atoms with Crippen LogP contribution in [0, 0.1) is 5.92 Å². The Morgan fingerprint density at radius 2 is 2.00 bits per heavy atom. The van der Waals surface area contributed by atoms with E-state index in [1.54, 1.807) is 0 Å². The van der Waals surface area contributed by atoms with Crippen LogP contribution in [0.5, 0.6) is 0 Å². The summed E-state index contributed by atoms with van der Waals surface area (Å²) in [5.41, 5.74) is 2.46. The van der Waals surface area contributed by atoms with Gasteiger partial charge in [-0.3, -0.25) is 0 Å². The highest BCUT2D eigenvalue weighted by molar-refractivity contribution is 6.21. The number of benzene rings is 1. The zero-order chi connectivity index (χ0) is 14.6. The van der Waals surface area contributed by atoms with Crippen molar-refractivity contribution in [3.05, 3.63) is 35.4 Å². The Bertz CT molecular complexity index is 433. The first kappa shape index (κ1) is 15.6. The van der Waals surface area contributed by atoms with Crippen LogP contribution in [0.25, 0.3) is 0 Å². The zero-order valence-electron chi connectivity index (χ0n) is 11.1. The van der Waals surface area contributed by atoms with Crippen molar-refractivity contribution >= 4 is 11.6 Å². The fourth-order valence-electron chi connectivity index (χ4n) is 2.70. The van der Waals surface area contributed by atoms with Crippen molar-refractivity contribution in [2.75, 3.05) is 13.2 Å². The van der Waals surface area contributed by atoms with Gasteiger partial charge in [0.2, 0.25) is 0 Å². The van der Waals surface area contributed by atoms with Crippen LogP contribution >= 0.6 is 11.6 Å². The second-order valence-corrected chi connectivity index (χ2v) is 5.68. The molecule has 1 aliphatic carbocycles. The maximum atomic E-state index is 11.9. The molecular weight excluding hydrogens is 289 g/mol. The van der Waals surface area contributed by atoms with E-state index in [-0.39, 0.29) is 12.0 Å². The molecule has 0 spiro atoms. The first-order chi connectivity index (χ1) is 9.47. The maximum Gasteiger partial charge on any atom is 0.411 e. The number of hydrogen-bond acceptors (Lipinski definition) is 1. The lowest BCUT2D eigenvalue weighted by atomic mass is 9.81. The van der Waals surface area contributed by atoms with Crippen LogP contribution < -0.4 is 0 Å². The van der Waals surface area contributed by atoms with Crippen LogP contribution in [0.1, 0.15) is 35.8 Å². The molecule has 1 nitrogen and oxygen atoms in total. The molecule has 0 aromatic heterocycles. The van der Waals surface area contributed by atoms with Crippen molar-refractivity contribution in [3.63, 3.8) is 0 Å². The minimum atomic E-state index is -4.24. The zero-order valence-corrected chi connectivity index (χ0v) is 11.9. The first-order valence-corrected chi connectivity index (χ1v) is 7.27. The third kappa shape index (κ3) is 4.38. The van der Waals surface area contributed by atoms with Crippen LogP contribution in [-0.2, 0) is 11.2 Å². The lowest BCUT2D eigenvalue weighted by Crippen LogP contribution is -2.19. The summed E-state index contributed by atoms with van der Waals surface area (Å²) >= 11 is 6.48. The van der Waals surface area contributed by atoms with Gasteiger partial charge >= 0.3 is 6.18 Å². The number of alkyl halides is 4. The van der Waals surface area contributed by atoms with Gasteiger partial charge in [0.15, 0.2) is 0 Å². The highest BCUT2D eigenvalue weighted by Crippen LogP contribution is 2.41. The van der Waals surface area contributed by atoms with Gasteiger partial charge in [-0.05, 0) is 42.7 Å². The van der Waals surface area contributed by atoms with Crippen LogP contribution in [0.15, 0.2) is 24.3 Å². The molecule has 0 aliphatic heterocycles. The van der Waals surface area contributed by atoms with Gasteiger partial charge < -0.3 is 4.74 Å². The van der Waals surface area contributed by atoms with Crippen molar-refractivity contribution in [1.29, 1.82) is 0 Å². The monoisotopic (exact) mass is 306 g/mol. The number of ether oxygens (including phenoxy) is 1. The van der Waals surface area contributed by atoms with E-state index in [0.29, 0.717) is 12.3 Å². The summed E-state index contributed by atoms with van der Waals surface area (Å²) in [6.45, 7) is -1.02. The highest BCUT2D eigenvalue weighted by atomic mass is 35.5. The molecule has 0 saturated carbocycles. The first-order valence-electron chi connectivity index (χ1n) is 6.84. The van der Waals surface area contributed by atoms with Gasteiger partial charge in [0, 0.05) is 6.61 Å². The molecule has 2 rings (SSSR count). The Hall–Kier alpha value is -0.740. The molecule has 1 aliphatic rings. The predicted molar refractivity (Wildman–Crippen MR) is 73.0 cm³/mol. The van der Waals surface area contributed by atoms with E-state index in [9.17, 15) is 13.2 Å². The highest BCUT2D eigenvalue weighted by Gasteiger charge is 2.28. The van der Waals surface area contributed by atoms with Gasteiger partial charge in [0.25, 0.3) is 0 Å². The molecule has 0 fully saturated rings. The molecule has 2 unspecified atom stereocenters. The Morgan fingerprint density at radius 1 is 1.25 bits per heavy atom. The van der Waals surface area contributed by atoms with E-state index in [1.165, 1.54) is 11.1 Å². The maximum absolute atomic E-state index is 11.9. The molecule has 5 heteroatoms. The van der Waals surface area contributed by atoms with E-state index < -0.39 is 12.8 Å². The summed E-state index contributed by atoms with van der Waals surface area (Å²) in [4.78, 5) is 0. The summed E-state index contributed by atoms with van der Waals surface area (Å²) in [5.74, 6) is 0.320. The van der Waals surface area contributed by atoms with E-state index in [2.05, 4.69) is 10.8 Å². The third-order valence-electron chi connectivity index (χ3n) is 3.68. The standard InChI is InChI=1S/C15H18ClF3O/c16-14-12(5-3-9-20-10-15(17,18)19)8-7-11-4-1-2-6-13(11)14/h1-2,4,6,12,14H,3,5,7-10H2. The fourth-order valence-corrected chi connectivity index (χ4v) is 3.16. The van der Waals surface area contributed by atoms with Crippen LogP contribution in [0.4, 0.5) is 13.2 Å². The lowest BCUT2D eigenvalue weighted by Gasteiger charge is -2.29. The Balaban J connectivity index is 1.75. The van der Waals surface area contributed by atoms with Gasteiger partial charge in [-0.2, -0.15) is 13.2 Å². The summed E-state index contributed by atoms with van der Waals surface area (Å²) in [6, 6.07) is 8.11. The number of rotatable bonds is 5. The number of halogens is 4. The molecule has 0 bridgehead atoms. The van der Waals surface area contributed by atoms with E-state index in [1.807, 2.05) is 18.2 Å². The van der Waals surface area contributed by atoms with E-state index in [0.717, 1.165) is 19.3 Å². The van der Waals surface area contributed by atoms with Crippen molar-refractivity contribution in [3.8, 4) is 0 Å². The average Bonchev–Trinajstić information content (AvgIpc) is 2.40. The van der Waals surface area contributed by atoms with E-state index >= 15 is 0 Å². The summed E-state index contributed by atoms with van der Waals surface area (Å²) in [7, 11) is 0. The van der Waals surface area contributed by atoms with Crippen LogP contribution in [0.3, 0.4) is 0 Å². The molecule has 2 atom stereocenters. The number of hydrogen-bond donors (Lipinski definition) is 0. The quantitative estimate of drug-likeness (QED) is 0.556. The smallest absolute Gasteiger partial charge is 0.372 e. The topological polar surface area (TPSA) is 9.23 Å². The fraction of sp³-hybridized carbons (Fsp3) is 0.600. The normalized spacial score (nSPS) is 22.6. The molecule has 20 heavy (non-hydrogen) atoms. The Morgan fingerprint density at radius 3 is 2.75 bits per heavy atom. The lowest BCUT2D eigenvalue weighted by molar-refractivity contribution is -0.174. The van der Waals surface area contributed by atoms with Crippen LogP contribution in [-0.4, -0.2) is 19.4 Å². The molecular formula is C15H18ClF3O. The van der Waals surface area contributed by atoms with Gasteiger partial charge in [-0.25, -0.2) is 0 Å². The number of fused-ring (bicyclic) bond motifs is 1. The summed E-state index contributed by atoms with van der Waals surface area (Å²) in [5, 5.41) is -0.0393. The molecule has 1 aromatic carbocycles. The number of aryl methyl sites for hydroxylation is 1. The molecule has 112 valence electrons. The molecule has 0 radical (unpaired) electrons. The molecule has 0 N–H and O–H groups in total. The third-order valence-corrected chi connectivity index (χ3v) is 4.27. The van der Waals surface area contributed by atoms with Crippen LogP contribution in [0.2, 0.25) is 0 Å². The second-order valence-electron chi connectivity index (χ2n) is 5.21. The van der Waals surface area contributed by atoms with E-state index in [4.69, 9.17) is 11.6 Å². The Labute approximate surface area is 122 Å². The van der Waals surface area contributed by atoms with Crippen molar-refractivity contribution in [2.24, 2.45) is 5.92 Å². The molecule has 0 heterocycles. The van der Waals surface area contributed by atoms with Gasteiger partial charge in [0.1, 0.15) is 6.61 Å². The largest absolute Gasteiger partial charge is 0.411 e. The van der Waals surface area contributed by atoms with Gasteiger partial charge in [0.05, 0.1) is 5.38 Å². The summed E-state index contributed by atoms with van der Waals surface area (Å²) < 4.78 is 40.4. The predicted octanol–water partition coefficient (Wildman–Crippen LogP) is 4.89. The Kier molecular flexibility index (Phi) is 5.33. The minimum absolute atomic E-state index is 0.0393. The second kappa shape index (κ2) is 6.81. The molecule has 0 amide bonds. The minimum Gasteiger partial charge on any atom is -0.372 e. The van der Waals surface area contributed by atoms with Gasteiger partial charge in [-0.1, -0.05) is 24.3 Å². The molecule has 0 saturated heterocycles. The molecule has 1 aromatic rings. The van der Waals surface area contributed by atoms with Crippen molar-refractivity contribution in [1.82, 2.24) is 0 Å². The van der Waals surface area contributed by atoms with Crippen molar-refractivity contribution < 1.29 is 17.9 Å². The summed E-state index contributed by atoms with van der Waals surface area (Å²) in [6.07, 6.45) is -0.830. The van der Waals surface area contributed by atoms with Gasteiger partial charge in [-0.15, -0.1) is 11.6 Å². The SMILES string of the molecule is FC(F)(F)COCCCC1CCc2ccccc2C1Cl. The average molecular weight is 307 g/mol.